The number of imidazole rings is 1. The highest BCUT2D eigenvalue weighted by atomic mass is 16.2. The van der Waals surface area contributed by atoms with Gasteiger partial charge in [0.2, 0.25) is 11.8 Å². The lowest BCUT2D eigenvalue weighted by Crippen LogP contribution is -2.67. The predicted octanol–water partition coefficient (Wildman–Crippen LogP) is 3.30. The van der Waals surface area contributed by atoms with Gasteiger partial charge in [0.15, 0.2) is 6.04 Å². The summed E-state index contributed by atoms with van der Waals surface area (Å²) in [5, 5.41) is 6.07. The summed E-state index contributed by atoms with van der Waals surface area (Å²) in [4.78, 5) is 48.4. The van der Waals surface area contributed by atoms with E-state index in [1.54, 1.807) is 4.90 Å². The number of aromatic nitrogens is 2. The summed E-state index contributed by atoms with van der Waals surface area (Å²) in [6, 6.07) is 13.2. The first-order valence-electron chi connectivity index (χ1n) is 13.6. The Kier molecular flexibility index (Phi) is 6.99. The minimum atomic E-state index is -1.04. The lowest BCUT2D eigenvalue weighted by Gasteiger charge is -2.44. The van der Waals surface area contributed by atoms with Gasteiger partial charge >= 0.3 is 0 Å². The van der Waals surface area contributed by atoms with Gasteiger partial charge in [0, 0.05) is 13.1 Å². The highest BCUT2D eigenvalue weighted by molar-refractivity contribution is 6.00. The van der Waals surface area contributed by atoms with Crippen LogP contribution in [0.2, 0.25) is 0 Å². The fraction of sp³-hybridized carbons (Fsp3) is 0.467. The minimum absolute atomic E-state index is 0.0689. The van der Waals surface area contributed by atoms with Crippen LogP contribution in [-0.2, 0) is 34.3 Å². The molecule has 1 aromatic heterocycles. The molecule has 0 saturated carbocycles. The van der Waals surface area contributed by atoms with E-state index < -0.39 is 18.1 Å². The Bertz CT molecular complexity index is 1350. The summed E-state index contributed by atoms with van der Waals surface area (Å²) in [5.74, 6) is -0.231. The van der Waals surface area contributed by atoms with E-state index in [0.717, 1.165) is 11.0 Å². The van der Waals surface area contributed by atoms with Crippen LogP contribution in [0.3, 0.4) is 0 Å². The number of nitrogens with one attached hydrogen (secondary N) is 2. The van der Waals surface area contributed by atoms with E-state index in [0.29, 0.717) is 25.1 Å². The molecule has 8 heteroatoms. The monoisotopic (exact) mass is 515 g/mol. The molecule has 38 heavy (non-hydrogen) atoms. The molecule has 200 valence electrons. The van der Waals surface area contributed by atoms with Gasteiger partial charge in [-0.25, -0.2) is 4.98 Å². The highest BCUT2D eigenvalue weighted by Crippen LogP contribution is 2.35. The molecule has 2 N–H and O–H groups in total. The van der Waals surface area contributed by atoms with Crippen molar-refractivity contribution in [2.75, 3.05) is 0 Å². The average Bonchev–Trinajstić information content (AvgIpc) is 3.44. The van der Waals surface area contributed by atoms with Crippen molar-refractivity contribution in [2.45, 2.75) is 71.1 Å². The normalized spacial score (nSPS) is 20.8. The van der Waals surface area contributed by atoms with Crippen molar-refractivity contribution in [1.82, 2.24) is 25.1 Å². The molecule has 2 heterocycles. The van der Waals surface area contributed by atoms with Crippen molar-refractivity contribution in [3.63, 3.8) is 0 Å². The van der Waals surface area contributed by atoms with E-state index in [2.05, 4.69) is 22.8 Å². The molecule has 1 aliphatic heterocycles. The molecule has 3 atom stereocenters. The number of nitrogens with zero attached hydrogens (tertiary/aromatic N) is 3. The summed E-state index contributed by atoms with van der Waals surface area (Å²) in [6.45, 7) is 7.82. The van der Waals surface area contributed by atoms with Crippen molar-refractivity contribution < 1.29 is 14.4 Å². The van der Waals surface area contributed by atoms with Gasteiger partial charge in [-0.1, -0.05) is 50.2 Å². The Balaban J connectivity index is 1.60. The van der Waals surface area contributed by atoms with Gasteiger partial charge in [-0.3, -0.25) is 14.4 Å². The summed E-state index contributed by atoms with van der Waals surface area (Å²) in [7, 11) is 1.86. The Labute approximate surface area is 223 Å². The topological polar surface area (TPSA) is 96.3 Å². The Morgan fingerprint density at radius 1 is 1.03 bits per heavy atom. The zero-order valence-electron chi connectivity index (χ0n) is 22.8. The second-order valence-corrected chi connectivity index (χ2v) is 11.4. The van der Waals surface area contributed by atoms with Crippen molar-refractivity contribution in [3.8, 4) is 0 Å². The van der Waals surface area contributed by atoms with Gasteiger partial charge in [0.05, 0.1) is 11.0 Å². The number of carbonyl (C=O) groups excluding carboxylic acids is 3. The maximum atomic E-state index is 14.4. The second kappa shape index (κ2) is 10.2. The summed E-state index contributed by atoms with van der Waals surface area (Å²) in [5.41, 5.74) is 4.02. The lowest BCUT2D eigenvalue weighted by atomic mass is 9.89. The number of hydrogen-bond acceptors (Lipinski definition) is 4. The van der Waals surface area contributed by atoms with Crippen molar-refractivity contribution in [1.29, 1.82) is 0 Å². The standard InChI is InChI=1S/C30H37N5O3/c1-17(2)14-24-28(36)33-25(21-15-19-10-6-7-11-20(19)16-21)30(38)35(24)26(29(37)31-18(3)4)27-32-22-12-8-9-13-23(22)34(27)5/h6-13,17-18,21,24-26H,14-16H2,1-5H3,(H,31,37)(H,33,36)/t24-,25-,26?/m1/s1. The molecule has 3 amide bonds. The molecule has 3 aromatic rings. The van der Waals surface area contributed by atoms with Crippen LogP contribution in [0.25, 0.3) is 11.0 Å². The zero-order chi connectivity index (χ0) is 27.1. The number of piperazine rings is 1. The molecular formula is C30H37N5O3. The van der Waals surface area contributed by atoms with E-state index in [1.165, 1.54) is 11.1 Å². The summed E-state index contributed by atoms with van der Waals surface area (Å²) < 4.78 is 1.87. The number of benzene rings is 2. The van der Waals surface area contributed by atoms with E-state index in [-0.39, 0.29) is 35.6 Å². The van der Waals surface area contributed by atoms with Crippen LogP contribution in [-0.4, -0.2) is 50.3 Å². The quantitative estimate of drug-likeness (QED) is 0.505. The fourth-order valence-electron chi connectivity index (χ4n) is 6.01. The average molecular weight is 516 g/mol. The molecule has 2 aromatic carbocycles. The Morgan fingerprint density at radius 3 is 2.26 bits per heavy atom. The van der Waals surface area contributed by atoms with Crippen molar-refractivity contribution >= 4 is 28.8 Å². The number of para-hydroxylation sites is 2. The maximum absolute atomic E-state index is 14.4. The first kappa shape index (κ1) is 25.9. The lowest BCUT2D eigenvalue weighted by molar-refractivity contribution is -0.158. The minimum Gasteiger partial charge on any atom is -0.352 e. The van der Waals surface area contributed by atoms with Gasteiger partial charge in [0.25, 0.3) is 5.91 Å². The molecule has 1 unspecified atom stereocenters. The number of rotatable bonds is 7. The van der Waals surface area contributed by atoms with Crippen LogP contribution in [0, 0.1) is 11.8 Å². The van der Waals surface area contributed by atoms with Crippen LogP contribution in [0.5, 0.6) is 0 Å². The van der Waals surface area contributed by atoms with Gasteiger partial charge < -0.3 is 20.1 Å². The summed E-state index contributed by atoms with van der Waals surface area (Å²) >= 11 is 0. The van der Waals surface area contributed by atoms with Gasteiger partial charge in [-0.2, -0.15) is 0 Å². The number of fused-ring (bicyclic) bond motifs is 2. The van der Waals surface area contributed by atoms with Gasteiger partial charge in [-0.15, -0.1) is 0 Å². The smallest absolute Gasteiger partial charge is 0.250 e. The zero-order valence-corrected chi connectivity index (χ0v) is 22.8. The van der Waals surface area contributed by atoms with E-state index in [4.69, 9.17) is 4.98 Å². The van der Waals surface area contributed by atoms with E-state index >= 15 is 0 Å². The van der Waals surface area contributed by atoms with E-state index in [1.807, 2.05) is 75.7 Å². The third kappa shape index (κ3) is 4.68. The highest BCUT2D eigenvalue weighted by Gasteiger charge is 2.50. The third-order valence-corrected chi connectivity index (χ3v) is 7.73. The largest absolute Gasteiger partial charge is 0.352 e. The van der Waals surface area contributed by atoms with Crippen LogP contribution in [0.4, 0.5) is 0 Å². The predicted molar refractivity (Wildman–Crippen MR) is 146 cm³/mol. The van der Waals surface area contributed by atoms with Crippen LogP contribution >= 0.6 is 0 Å². The van der Waals surface area contributed by atoms with Crippen molar-refractivity contribution in [3.05, 3.63) is 65.5 Å². The van der Waals surface area contributed by atoms with Crippen LogP contribution < -0.4 is 10.6 Å². The molecule has 1 aliphatic carbocycles. The van der Waals surface area contributed by atoms with Gasteiger partial charge in [-0.05, 0) is 68.2 Å². The molecule has 0 radical (unpaired) electrons. The van der Waals surface area contributed by atoms with Crippen molar-refractivity contribution in [2.24, 2.45) is 18.9 Å². The number of carbonyl (C=O) groups is 3. The number of hydrogen-bond donors (Lipinski definition) is 2. The van der Waals surface area contributed by atoms with Gasteiger partial charge in [0.1, 0.15) is 17.9 Å². The molecule has 0 bridgehead atoms. The molecule has 8 nitrogen and oxygen atoms in total. The second-order valence-electron chi connectivity index (χ2n) is 11.4. The molecule has 0 spiro atoms. The molecular weight excluding hydrogens is 478 g/mol. The fourth-order valence-corrected chi connectivity index (χ4v) is 6.01. The maximum Gasteiger partial charge on any atom is 0.250 e. The molecule has 5 rings (SSSR count). The first-order valence-corrected chi connectivity index (χ1v) is 13.6. The molecule has 2 aliphatic rings. The van der Waals surface area contributed by atoms with Crippen LogP contribution in [0.1, 0.15) is 57.1 Å². The Hall–Kier alpha value is -3.68. The van der Waals surface area contributed by atoms with E-state index in [9.17, 15) is 14.4 Å². The Morgan fingerprint density at radius 2 is 1.66 bits per heavy atom. The molecule has 1 fully saturated rings. The number of aryl methyl sites for hydroxylation is 1. The molecule has 1 saturated heterocycles. The van der Waals surface area contributed by atoms with Crippen LogP contribution in [0.15, 0.2) is 48.5 Å². The SMILES string of the molecule is CC(C)C[C@@H]1C(=O)N[C@H](C2Cc3ccccc3C2)C(=O)N1C(C(=O)NC(C)C)c1nc2ccccc2n1C. The summed E-state index contributed by atoms with van der Waals surface area (Å²) in [6.07, 6.45) is 1.87. The third-order valence-electron chi connectivity index (χ3n) is 7.73. The first-order chi connectivity index (χ1) is 18.2. The number of amides is 3.